The number of nitrogens with zero attached hydrogens (tertiary/aromatic N) is 5. The fourth-order valence-electron chi connectivity index (χ4n) is 3.49. The summed E-state index contributed by atoms with van der Waals surface area (Å²) >= 11 is 0. The number of ether oxygens (including phenoxy) is 1. The van der Waals surface area contributed by atoms with E-state index in [1.165, 1.54) is 32.5 Å². The van der Waals surface area contributed by atoms with Crippen LogP contribution in [0.25, 0.3) is 0 Å². The van der Waals surface area contributed by atoms with Gasteiger partial charge in [-0.15, -0.1) is 0 Å². The van der Waals surface area contributed by atoms with Crippen LogP contribution in [0.4, 0.5) is 0 Å². The fourth-order valence-corrected chi connectivity index (χ4v) is 3.49. The minimum absolute atomic E-state index is 0.0654. The van der Waals surface area contributed by atoms with E-state index in [4.69, 9.17) is 4.74 Å². The van der Waals surface area contributed by atoms with Crippen LogP contribution in [0.3, 0.4) is 0 Å². The summed E-state index contributed by atoms with van der Waals surface area (Å²) in [5.41, 5.74) is 1.13. The predicted octanol–water partition coefficient (Wildman–Crippen LogP) is 0.855. The Hall–Kier alpha value is -1.60. The molecule has 0 radical (unpaired) electrons. The summed E-state index contributed by atoms with van der Waals surface area (Å²) in [6.45, 7) is 7.10. The van der Waals surface area contributed by atoms with Crippen molar-refractivity contribution in [2.24, 2.45) is 12.0 Å². The van der Waals surface area contributed by atoms with Crippen LogP contribution in [0.1, 0.15) is 30.9 Å². The van der Waals surface area contributed by atoms with Crippen LogP contribution in [0.2, 0.25) is 0 Å². The standard InChI is InChI=1S/C17H30N6O/c1-18-17(19-6-5-9-22-7-3-4-8-22)23-10-11-24-16(14-23)15-12-20-21(2)13-15/h12-13,16H,3-11,14H2,1-2H3,(H,18,19). The number of rotatable bonds is 5. The molecule has 7 nitrogen and oxygen atoms in total. The molecule has 2 aliphatic heterocycles. The second-order valence-electron chi connectivity index (χ2n) is 6.63. The summed E-state index contributed by atoms with van der Waals surface area (Å²) in [7, 11) is 3.79. The van der Waals surface area contributed by atoms with Crippen molar-refractivity contribution in [2.45, 2.75) is 25.4 Å². The number of nitrogens with one attached hydrogen (secondary N) is 1. The molecule has 0 aromatic carbocycles. The van der Waals surface area contributed by atoms with Gasteiger partial charge in [0.25, 0.3) is 0 Å². The second kappa shape index (κ2) is 8.48. The third-order valence-electron chi connectivity index (χ3n) is 4.81. The lowest BCUT2D eigenvalue weighted by atomic mass is 10.1. The van der Waals surface area contributed by atoms with Crippen molar-refractivity contribution in [1.29, 1.82) is 0 Å². The maximum atomic E-state index is 5.91. The molecule has 7 heteroatoms. The molecular formula is C17H30N6O. The van der Waals surface area contributed by atoms with Gasteiger partial charge in [-0.05, 0) is 38.9 Å². The number of hydrogen-bond acceptors (Lipinski definition) is 4. The Morgan fingerprint density at radius 1 is 1.38 bits per heavy atom. The van der Waals surface area contributed by atoms with E-state index in [1.807, 2.05) is 31.2 Å². The first kappa shape index (κ1) is 17.2. The van der Waals surface area contributed by atoms with Gasteiger partial charge in [0.15, 0.2) is 5.96 Å². The molecule has 0 saturated carbocycles. The summed E-state index contributed by atoms with van der Waals surface area (Å²) in [5, 5.41) is 7.76. The molecule has 3 rings (SSSR count). The van der Waals surface area contributed by atoms with Gasteiger partial charge in [-0.1, -0.05) is 0 Å². The van der Waals surface area contributed by atoms with E-state index in [0.29, 0.717) is 6.61 Å². The Labute approximate surface area is 144 Å². The van der Waals surface area contributed by atoms with E-state index in [2.05, 4.69) is 25.2 Å². The van der Waals surface area contributed by atoms with Gasteiger partial charge in [-0.25, -0.2) is 0 Å². The molecule has 2 saturated heterocycles. The summed E-state index contributed by atoms with van der Waals surface area (Å²) in [6, 6.07) is 0. The Balaban J connectivity index is 1.45. The largest absolute Gasteiger partial charge is 0.370 e. The molecule has 2 aliphatic rings. The Kier molecular flexibility index (Phi) is 6.09. The third kappa shape index (κ3) is 4.48. The van der Waals surface area contributed by atoms with Gasteiger partial charge in [0, 0.05) is 38.9 Å². The normalized spacial score (nSPS) is 23.0. The van der Waals surface area contributed by atoms with Crippen molar-refractivity contribution >= 4 is 5.96 Å². The molecule has 0 bridgehead atoms. The van der Waals surface area contributed by atoms with Crippen LogP contribution in [0.5, 0.6) is 0 Å². The van der Waals surface area contributed by atoms with E-state index in [-0.39, 0.29) is 6.10 Å². The first-order valence-corrected chi connectivity index (χ1v) is 9.04. The summed E-state index contributed by atoms with van der Waals surface area (Å²) in [4.78, 5) is 9.30. The van der Waals surface area contributed by atoms with Gasteiger partial charge in [0.1, 0.15) is 6.10 Å². The minimum Gasteiger partial charge on any atom is -0.370 e. The molecule has 1 aromatic heterocycles. The SMILES string of the molecule is CN=C(NCCCN1CCCC1)N1CCOC(c2cnn(C)c2)C1. The lowest BCUT2D eigenvalue weighted by molar-refractivity contribution is -0.00802. The number of guanidine groups is 1. The number of likely N-dealkylation sites (tertiary alicyclic amines) is 1. The Bertz CT molecular complexity index is 537. The molecule has 3 heterocycles. The highest BCUT2D eigenvalue weighted by atomic mass is 16.5. The number of aromatic nitrogens is 2. The number of aliphatic imine (C=N–C) groups is 1. The number of morpholine rings is 1. The van der Waals surface area contributed by atoms with Crippen LogP contribution in [0, 0.1) is 0 Å². The van der Waals surface area contributed by atoms with Crippen molar-refractivity contribution in [3.8, 4) is 0 Å². The van der Waals surface area contributed by atoms with Crippen LogP contribution in [0.15, 0.2) is 17.4 Å². The first-order chi connectivity index (χ1) is 11.8. The highest BCUT2D eigenvalue weighted by Crippen LogP contribution is 2.21. The van der Waals surface area contributed by atoms with Crippen molar-refractivity contribution in [2.75, 3.05) is 52.9 Å². The van der Waals surface area contributed by atoms with E-state index >= 15 is 0 Å². The lowest BCUT2D eigenvalue weighted by Crippen LogP contribution is -2.48. The zero-order valence-corrected chi connectivity index (χ0v) is 14.9. The maximum Gasteiger partial charge on any atom is 0.193 e. The highest BCUT2D eigenvalue weighted by molar-refractivity contribution is 5.80. The third-order valence-corrected chi connectivity index (χ3v) is 4.81. The number of hydrogen-bond donors (Lipinski definition) is 1. The van der Waals surface area contributed by atoms with Gasteiger partial charge in [0.2, 0.25) is 0 Å². The van der Waals surface area contributed by atoms with E-state index in [1.54, 1.807) is 0 Å². The molecule has 0 amide bonds. The molecule has 1 aromatic rings. The van der Waals surface area contributed by atoms with Crippen molar-refractivity contribution in [1.82, 2.24) is 24.9 Å². The molecule has 1 unspecified atom stereocenters. The average Bonchev–Trinajstić information content (AvgIpc) is 3.27. The molecule has 0 spiro atoms. The molecule has 0 aliphatic carbocycles. The summed E-state index contributed by atoms with van der Waals surface area (Å²) in [6.07, 6.45) is 7.86. The maximum absolute atomic E-state index is 5.91. The van der Waals surface area contributed by atoms with Crippen molar-refractivity contribution in [3.05, 3.63) is 18.0 Å². The zero-order chi connectivity index (χ0) is 16.8. The summed E-state index contributed by atoms with van der Waals surface area (Å²) < 4.78 is 7.73. The van der Waals surface area contributed by atoms with Gasteiger partial charge in [-0.2, -0.15) is 5.10 Å². The van der Waals surface area contributed by atoms with Crippen LogP contribution < -0.4 is 5.32 Å². The smallest absolute Gasteiger partial charge is 0.193 e. The lowest BCUT2D eigenvalue weighted by Gasteiger charge is -2.34. The second-order valence-corrected chi connectivity index (χ2v) is 6.63. The van der Waals surface area contributed by atoms with E-state index in [0.717, 1.165) is 37.6 Å². The fraction of sp³-hybridized carbons (Fsp3) is 0.765. The topological polar surface area (TPSA) is 57.9 Å². The molecule has 24 heavy (non-hydrogen) atoms. The molecule has 1 atom stereocenters. The van der Waals surface area contributed by atoms with Gasteiger partial charge in [-0.3, -0.25) is 9.67 Å². The van der Waals surface area contributed by atoms with Crippen LogP contribution in [-0.2, 0) is 11.8 Å². The quantitative estimate of drug-likeness (QED) is 0.492. The van der Waals surface area contributed by atoms with Gasteiger partial charge >= 0.3 is 0 Å². The molecule has 2 fully saturated rings. The van der Waals surface area contributed by atoms with E-state index < -0.39 is 0 Å². The molecule has 134 valence electrons. The predicted molar refractivity (Wildman–Crippen MR) is 95.1 cm³/mol. The minimum atomic E-state index is 0.0654. The van der Waals surface area contributed by atoms with E-state index in [9.17, 15) is 0 Å². The first-order valence-electron chi connectivity index (χ1n) is 9.04. The van der Waals surface area contributed by atoms with Crippen LogP contribution >= 0.6 is 0 Å². The van der Waals surface area contributed by atoms with Crippen LogP contribution in [-0.4, -0.2) is 78.5 Å². The monoisotopic (exact) mass is 334 g/mol. The van der Waals surface area contributed by atoms with Crippen molar-refractivity contribution in [3.63, 3.8) is 0 Å². The van der Waals surface area contributed by atoms with Gasteiger partial charge < -0.3 is 19.9 Å². The highest BCUT2D eigenvalue weighted by Gasteiger charge is 2.25. The summed E-state index contributed by atoms with van der Waals surface area (Å²) in [5.74, 6) is 0.980. The Morgan fingerprint density at radius 2 is 2.21 bits per heavy atom. The van der Waals surface area contributed by atoms with Gasteiger partial charge in [0.05, 0.1) is 19.3 Å². The molecule has 1 N–H and O–H groups in total. The number of aryl methyl sites for hydroxylation is 1. The Morgan fingerprint density at radius 3 is 2.92 bits per heavy atom. The van der Waals surface area contributed by atoms with Crippen molar-refractivity contribution < 1.29 is 4.74 Å². The average molecular weight is 334 g/mol. The molecular weight excluding hydrogens is 304 g/mol. The zero-order valence-electron chi connectivity index (χ0n) is 14.9.